The number of benzene rings is 1. The first kappa shape index (κ1) is 11.5. The summed E-state index contributed by atoms with van der Waals surface area (Å²) in [5, 5.41) is 13.6. The van der Waals surface area contributed by atoms with E-state index in [2.05, 4.69) is 10.1 Å². The van der Waals surface area contributed by atoms with Gasteiger partial charge in [-0.2, -0.15) is 5.10 Å². The summed E-state index contributed by atoms with van der Waals surface area (Å²) in [7, 11) is 1.83. The van der Waals surface area contributed by atoms with Gasteiger partial charge < -0.3 is 5.11 Å². The summed E-state index contributed by atoms with van der Waals surface area (Å²) in [4.78, 5) is 15.6. The third-order valence-electron chi connectivity index (χ3n) is 3.05. The van der Waals surface area contributed by atoms with Crippen LogP contribution in [0.2, 0.25) is 0 Å². The van der Waals surface area contributed by atoms with Crippen molar-refractivity contribution in [3.8, 4) is 5.69 Å². The SMILES string of the molecule is Cc1nn(C)cc1-n1cnc2cccc(C(=O)O)c21. The van der Waals surface area contributed by atoms with E-state index >= 15 is 0 Å². The predicted octanol–water partition coefficient (Wildman–Crippen LogP) is 1.77. The molecule has 2 aromatic heterocycles. The molecule has 6 nitrogen and oxygen atoms in total. The van der Waals surface area contributed by atoms with Crippen molar-refractivity contribution in [2.75, 3.05) is 0 Å². The van der Waals surface area contributed by atoms with Crippen LogP contribution in [0.4, 0.5) is 0 Å². The van der Waals surface area contributed by atoms with E-state index in [9.17, 15) is 9.90 Å². The summed E-state index contributed by atoms with van der Waals surface area (Å²) in [5.74, 6) is -0.964. The van der Waals surface area contributed by atoms with E-state index in [4.69, 9.17) is 0 Å². The summed E-state index contributed by atoms with van der Waals surface area (Å²) in [5.41, 5.74) is 3.13. The molecule has 0 saturated heterocycles. The quantitative estimate of drug-likeness (QED) is 0.758. The maximum Gasteiger partial charge on any atom is 0.337 e. The second-order valence-electron chi connectivity index (χ2n) is 4.37. The number of carboxylic acids is 1. The summed E-state index contributed by atoms with van der Waals surface area (Å²) < 4.78 is 3.46. The molecule has 0 aliphatic heterocycles. The number of aryl methyl sites for hydroxylation is 2. The van der Waals surface area contributed by atoms with Gasteiger partial charge >= 0.3 is 5.97 Å². The van der Waals surface area contributed by atoms with Crippen LogP contribution in [0.1, 0.15) is 16.1 Å². The van der Waals surface area contributed by atoms with Crippen LogP contribution in [0.3, 0.4) is 0 Å². The number of nitrogens with zero attached hydrogens (tertiary/aromatic N) is 4. The van der Waals surface area contributed by atoms with Crippen LogP contribution in [0.15, 0.2) is 30.7 Å². The normalized spacial score (nSPS) is 11.1. The number of carboxylic acid groups (broad SMARTS) is 1. The minimum absolute atomic E-state index is 0.234. The van der Waals surface area contributed by atoms with Gasteiger partial charge in [-0.3, -0.25) is 9.25 Å². The average molecular weight is 256 g/mol. The van der Waals surface area contributed by atoms with Gasteiger partial charge in [-0.15, -0.1) is 0 Å². The number of hydrogen-bond acceptors (Lipinski definition) is 3. The van der Waals surface area contributed by atoms with Crippen molar-refractivity contribution in [1.29, 1.82) is 0 Å². The van der Waals surface area contributed by atoms with Crippen LogP contribution in [0.25, 0.3) is 16.7 Å². The lowest BCUT2D eigenvalue weighted by Gasteiger charge is -2.04. The third kappa shape index (κ3) is 1.69. The van der Waals surface area contributed by atoms with Gasteiger partial charge in [0.2, 0.25) is 0 Å². The van der Waals surface area contributed by atoms with Crippen molar-refractivity contribution in [3.05, 3.63) is 42.0 Å². The molecule has 0 aliphatic rings. The van der Waals surface area contributed by atoms with E-state index in [0.717, 1.165) is 11.4 Å². The molecule has 96 valence electrons. The molecule has 0 fully saturated rings. The van der Waals surface area contributed by atoms with E-state index in [1.165, 1.54) is 0 Å². The Morgan fingerprint density at radius 3 is 2.79 bits per heavy atom. The number of carbonyl (C=O) groups is 1. The van der Waals surface area contributed by atoms with Crippen molar-refractivity contribution in [2.24, 2.45) is 7.05 Å². The highest BCUT2D eigenvalue weighted by Gasteiger charge is 2.16. The highest BCUT2D eigenvalue weighted by molar-refractivity contribution is 6.01. The van der Waals surface area contributed by atoms with Crippen molar-refractivity contribution >= 4 is 17.0 Å². The lowest BCUT2D eigenvalue weighted by atomic mass is 10.2. The fourth-order valence-electron chi connectivity index (χ4n) is 2.25. The summed E-state index contributed by atoms with van der Waals surface area (Å²) in [6, 6.07) is 5.07. The summed E-state index contributed by atoms with van der Waals surface area (Å²) >= 11 is 0. The first-order valence-corrected chi connectivity index (χ1v) is 5.78. The molecular weight excluding hydrogens is 244 g/mol. The molecule has 19 heavy (non-hydrogen) atoms. The number of rotatable bonds is 2. The van der Waals surface area contributed by atoms with Crippen molar-refractivity contribution in [1.82, 2.24) is 19.3 Å². The molecule has 0 radical (unpaired) electrons. The number of imidazole rings is 1. The van der Waals surface area contributed by atoms with Gasteiger partial charge in [-0.1, -0.05) is 6.07 Å². The van der Waals surface area contributed by atoms with Gasteiger partial charge in [0.05, 0.1) is 28.0 Å². The van der Waals surface area contributed by atoms with E-state index in [0.29, 0.717) is 11.0 Å². The molecular formula is C13H12N4O2. The molecule has 1 N–H and O–H groups in total. The van der Waals surface area contributed by atoms with Gasteiger partial charge in [0.15, 0.2) is 0 Å². The molecule has 0 aliphatic carbocycles. The lowest BCUT2D eigenvalue weighted by molar-refractivity contribution is 0.0698. The Kier molecular flexibility index (Phi) is 2.38. The van der Waals surface area contributed by atoms with Gasteiger partial charge in [0.25, 0.3) is 0 Å². The maximum absolute atomic E-state index is 11.3. The van der Waals surface area contributed by atoms with Crippen LogP contribution in [-0.4, -0.2) is 30.4 Å². The number of hydrogen-bond donors (Lipinski definition) is 1. The van der Waals surface area contributed by atoms with Crippen LogP contribution < -0.4 is 0 Å². The van der Waals surface area contributed by atoms with Crippen LogP contribution in [0, 0.1) is 6.92 Å². The van der Waals surface area contributed by atoms with E-state index in [1.807, 2.05) is 20.2 Å². The number of aromatic carboxylic acids is 1. The Bertz CT molecular complexity index is 785. The topological polar surface area (TPSA) is 72.9 Å². The Balaban J connectivity index is 2.36. The molecule has 0 atom stereocenters. The summed E-state index contributed by atoms with van der Waals surface area (Å²) in [6.07, 6.45) is 3.47. The second-order valence-corrected chi connectivity index (χ2v) is 4.37. The minimum atomic E-state index is -0.964. The molecule has 0 amide bonds. The van der Waals surface area contributed by atoms with E-state index in [1.54, 1.807) is 33.8 Å². The molecule has 6 heteroatoms. The molecule has 1 aromatic carbocycles. The molecule has 0 saturated carbocycles. The second kappa shape index (κ2) is 3.94. The zero-order valence-corrected chi connectivity index (χ0v) is 10.5. The average Bonchev–Trinajstić information content (AvgIpc) is 2.91. The lowest BCUT2D eigenvalue weighted by Crippen LogP contribution is -2.01. The van der Waals surface area contributed by atoms with Crippen molar-refractivity contribution in [3.63, 3.8) is 0 Å². The molecule has 0 bridgehead atoms. The van der Waals surface area contributed by atoms with Gasteiger partial charge in [0.1, 0.15) is 6.33 Å². The zero-order chi connectivity index (χ0) is 13.6. The molecule has 0 spiro atoms. The third-order valence-corrected chi connectivity index (χ3v) is 3.05. The first-order valence-electron chi connectivity index (χ1n) is 5.78. The highest BCUT2D eigenvalue weighted by Crippen LogP contribution is 2.23. The number of fused-ring (bicyclic) bond motifs is 1. The van der Waals surface area contributed by atoms with E-state index in [-0.39, 0.29) is 5.56 Å². The standard InChI is InChI=1S/C13H12N4O2/c1-8-11(6-16(2)15-8)17-7-14-10-5-3-4-9(12(10)17)13(18)19/h3-7H,1-2H3,(H,18,19). The smallest absolute Gasteiger partial charge is 0.337 e. The number of aromatic nitrogens is 4. The fourth-order valence-corrected chi connectivity index (χ4v) is 2.25. The van der Waals surface area contributed by atoms with Gasteiger partial charge in [-0.05, 0) is 19.1 Å². The highest BCUT2D eigenvalue weighted by atomic mass is 16.4. The molecule has 3 rings (SSSR count). The molecule has 2 heterocycles. The molecule has 0 unspecified atom stereocenters. The maximum atomic E-state index is 11.3. The summed E-state index contributed by atoms with van der Waals surface area (Å²) in [6.45, 7) is 1.88. The number of para-hydroxylation sites is 1. The van der Waals surface area contributed by atoms with Crippen molar-refractivity contribution < 1.29 is 9.90 Å². The first-order chi connectivity index (χ1) is 9.08. The minimum Gasteiger partial charge on any atom is -0.478 e. The van der Waals surface area contributed by atoms with Gasteiger partial charge in [-0.25, -0.2) is 9.78 Å². The van der Waals surface area contributed by atoms with Crippen molar-refractivity contribution in [2.45, 2.75) is 6.92 Å². The largest absolute Gasteiger partial charge is 0.478 e. The van der Waals surface area contributed by atoms with Crippen LogP contribution in [0.5, 0.6) is 0 Å². The Labute approximate surface area is 108 Å². The van der Waals surface area contributed by atoms with Crippen LogP contribution >= 0.6 is 0 Å². The predicted molar refractivity (Wildman–Crippen MR) is 69.5 cm³/mol. The Morgan fingerprint density at radius 2 is 2.16 bits per heavy atom. The Hall–Kier alpha value is -2.63. The molecule has 3 aromatic rings. The Morgan fingerprint density at radius 1 is 1.37 bits per heavy atom. The van der Waals surface area contributed by atoms with Crippen LogP contribution in [-0.2, 0) is 7.05 Å². The zero-order valence-electron chi connectivity index (χ0n) is 10.5. The fraction of sp³-hybridized carbons (Fsp3) is 0.154. The van der Waals surface area contributed by atoms with Gasteiger partial charge in [0, 0.05) is 13.2 Å². The monoisotopic (exact) mass is 256 g/mol. The van der Waals surface area contributed by atoms with E-state index < -0.39 is 5.97 Å².